The molecule has 2 atom stereocenters. The Kier molecular flexibility index (Phi) is 7.24. The minimum atomic E-state index is -0.0515. The van der Waals surface area contributed by atoms with Gasteiger partial charge in [0.25, 0.3) is 0 Å². The highest BCUT2D eigenvalue weighted by molar-refractivity contribution is 7.80. The van der Waals surface area contributed by atoms with Crippen LogP contribution < -0.4 is 10.2 Å². The summed E-state index contributed by atoms with van der Waals surface area (Å²) in [6.45, 7) is 11.4. The van der Waals surface area contributed by atoms with E-state index in [0.717, 1.165) is 29.5 Å². The van der Waals surface area contributed by atoms with Crippen LogP contribution in [-0.2, 0) is 6.54 Å². The Morgan fingerprint density at radius 2 is 1.76 bits per heavy atom. The molecular formula is C30H34N6S. The van der Waals surface area contributed by atoms with Crippen LogP contribution in [0, 0.1) is 13.8 Å². The Hall–Kier alpha value is -3.71. The van der Waals surface area contributed by atoms with Gasteiger partial charge in [0.2, 0.25) is 0 Å². The molecule has 0 saturated carbocycles. The van der Waals surface area contributed by atoms with Gasteiger partial charge in [-0.1, -0.05) is 12.1 Å². The molecule has 6 nitrogen and oxygen atoms in total. The number of pyridine rings is 2. The van der Waals surface area contributed by atoms with Crippen molar-refractivity contribution >= 4 is 23.0 Å². The van der Waals surface area contributed by atoms with Crippen molar-refractivity contribution in [2.45, 2.75) is 46.3 Å². The fourth-order valence-electron chi connectivity index (χ4n) is 5.49. The van der Waals surface area contributed by atoms with Crippen LogP contribution in [0.2, 0.25) is 0 Å². The van der Waals surface area contributed by atoms with Crippen molar-refractivity contribution in [1.29, 1.82) is 0 Å². The van der Waals surface area contributed by atoms with E-state index in [4.69, 9.17) is 17.2 Å². The molecule has 0 spiro atoms. The van der Waals surface area contributed by atoms with E-state index >= 15 is 0 Å². The van der Waals surface area contributed by atoms with Crippen molar-refractivity contribution in [3.8, 4) is 5.69 Å². The molecule has 1 saturated heterocycles. The van der Waals surface area contributed by atoms with Crippen molar-refractivity contribution < 1.29 is 0 Å². The number of benzene rings is 1. The largest absolute Gasteiger partial charge is 0.372 e. The fraction of sp³-hybridized carbons (Fsp3) is 0.300. The standard InChI is InChI=1S/C30H34N6S/c1-5-34(6-2)24-12-14-25(15-13-24)36-21(3)18-26(22(36)4)29-28(27-11-7-8-17-32-27)33-30(37)35(29)20-23-10-9-16-31-19-23/h7-19,28-29H,5-6,20H2,1-4H3,(H,33,37)/t28-,29+/m0/s1. The van der Waals surface area contributed by atoms with Gasteiger partial charge in [0, 0.05) is 61.0 Å². The van der Waals surface area contributed by atoms with E-state index in [1.54, 1.807) is 6.20 Å². The number of aromatic nitrogens is 3. The minimum Gasteiger partial charge on any atom is -0.372 e. The first kappa shape index (κ1) is 25.0. The number of thiocarbonyl (C=S) groups is 1. The van der Waals surface area contributed by atoms with Crippen LogP contribution >= 0.6 is 12.2 Å². The molecule has 1 aliphatic heterocycles. The molecule has 0 radical (unpaired) electrons. The smallest absolute Gasteiger partial charge is 0.170 e. The Labute approximate surface area is 225 Å². The van der Waals surface area contributed by atoms with E-state index < -0.39 is 0 Å². The summed E-state index contributed by atoms with van der Waals surface area (Å²) in [6, 6.07) is 21.3. The number of nitrogens with one attached hydrogen (secondary N) is 1. The zero-order valence-corrected chi connectivity index (χ0v) is 22.7. The molecule has 0 unspecified atom stereocenters. The van der Waals surface area contributed by atoms with Crippen molar-refractivity contribution in [3.63, 3.8) is 0 Å². The lowest BCUT2D eigenvalue weighted by Gasteiger charge is -2.28. The van der Waals surface area contributed by atoms with Gasteiger partial charge >= 0.3 is 0 Å². The maximum absolute atomic E-state index is 5.89. The van der Waals surface area contributed by atoms with Gasteiger partial charge in [-0.15, -0.1) is 0 Å². The van der Waals surface area contributed by atoms with Crippen LogP contribution in [0.1, 0.15) is 54.1 Å². The molecule has 5 rings (SSSR count). The molecule has 4 aromatic rings. The van der Waals surface area contributed by atoms with E-state index in [2.05, 4.69) is 94.8 Å². The van der Waals surface area contributed by atoms with Crippen molar-refractivity contribution in [2.75, 3.05) is 18.0 Å². The summed E-state index contributed by atoms with van der Waals surface area (Å²) in [5, 5.41) is 4.31. The van der Waals surface area contributed by atoms with Crippen molar-refractivity contribution in [3.05, 3.63) is 107 Å². The molecule has 3 aromatic heterocycles. The molecule has 4 heterocycles. The molecule has 1 aliphatic rings. The topological polar surface area (TPSA) is 49.2 Å². The summed E-state index contributed by atoms with van der Waals surface area (Å²) in [4.78, 5) is 13.7. The average molecular weight is 511 g/mol. The number of nitrogens with zero attached hydrogens (tertiary/aromatic N) is 5. The molecule has 1 aromatic carbocycles. The van der Waals surface area contributed by atoms with E-state index in [9.17, 15) is 0 Å². The third kappa shape index (κ3) is 4.83. The van der Waals surface area contributed by atoms with Gasteiger partial charge < -0.3 is 19.7 Å². The van der Waals surface area contributed by atoms with E-state index in [-0.39, 0.29) is 12.1 Å². The quantitative estimate of drug-likeness (QED) is 0.298. The van der Waals surface area contributed by atoms with Crippen LogP contribution in [0.5, 0.6) is 0 Å². The lowest BCUT2D eigenvalue weighted by molar-refractivity contribution is 0.310. The lowest BCUT2D eigenvalue weighted by atomic mass is 9.96. The van der Waals surface area contributed by atoms with Crippen LogP contribution in [0.15, 0.2) is 79.3 Å². The zero-order valence-electron chi connectivity index (χ0n) is 21.9. The zero-order chi connectivity index (χ0) is 25.9. The Morgan fingerprint density at radius 3 is 2.41 bits per heavy atom. The van der Waals surface area contributed by atoms with Gasteiger partial charge in [-0.3, -0.25) is 9.97 Å². The SMILES string of the molecule is CCN(CC)c1ccc(-n2c(C)cc([C@@H]3[C@H](c4ccccn4)NC(=S)N3Cc3cccnc3)c2C)cc1. The normalized spacial score (nSPS) is 17.2. The second kappa shape index (κ2) is 10.7. The molecule has 0 bridgehead atoms. The Balaban J connectivity index is 1.56. The molecule has 0 amide bonds. The second-order valence-electron chi connectivity index (χ2n) is 9.47. The Bertz CT molecular complexity index is 1350. The first-order chi connectivity index (χ1) is 18.0. The first-order valence-electron chi connectivity index (χ1n) is 12.9. The molecular weight excluding hydrogens is 476 g/mol. The number of rotatable bonds is 8. The monoisotopic (exact) mass is 510 g/mol. The van der Waals surface area contributed by atoms with Crippen LogP contribution in [-0.4, -0.2) is 37.6 Å². The van der Waals surface area contributed by atoms with Crippen LogP contribution in [0.25, 0.3) is 5.69 Å². The fourth-order valence-corrected chi connectivity index (χ4v) is 5.79. The van der Waals surface area contributed by atoms with Gasteiger partial charge in [-0.05, 0) is 99.6 Å². The highest BCUT2D eigenvalue weighted by Crippen LogP contribution is 2.42. The summed E-state index contributed by atoms with van der Waals surface area (Å²) in [6.07, 6.45) is 5.56. The van der Waals surface area contributed by atoms with Gasteiger partial charge in [0.05, 0.1) is 17.8 Å². The van der Waals surface area contributed by atoms with Gasteiger partial charge in [0.15, 0.2) is 5.11 Å². The number of anilines is 1. The van der Waals surface area contributed by atoms with Gasteiger partial charge in [-0.25, -0.2) is 0 Å². The summed E-state index contributed by atoms with van der Waals surface area (Å²) < 4.78 is 2.35. The van der Waals surface area contributed by atoms with E-state index in [1.165, 1.54) is 28.3 Å². The molecule has 190 valence electrons. The minimum absolute atomic E-state index is 0.00231. The predicted octanol–water partition coefficient (Wildman–Crippen LogP) is 5.90. The van der Waals surface area contributed by atoms with Crippen molar-refractivity contribution in [2.24, 2.45) is 0 Å². The summed E-state index contributed by atoms with van der Waals surface area (Å²) in [7, 11) is 0. The second-order valence-corrected chi connectivity index (χ2v) is 9.85. The van der Waals surface area contributed by atoms with Gasteiger partial charge in [-0.2, -0.15) is 0 Å². The average Bonchev–Trinajstić information content (AvgIpc) is 3.40. The molecule has 1 fully saturated rings. The highest BCUT2D eigenvalue weighted by atomic mass is 32.1. The van der Waals surface area contributed by atoms with Crippen LogP contribution in [0.4, 0.5) is 5.69 Å². The number of aryl methyl sites for hydroxylation is 1. The third-order valence-electron chi connectivity index (χ3n) is 7.30. The Morgan fingerprint density at radius 1 is 0.973 bits per heavy atom. The maximum atomic E-state index is 5.89. The first-order valence-corrected chi connectivity index (χ1v) is 13.3. The third-order valence-corrected chi connectivity index (χ3v) is 7.65. The summed E-state index contributed by atoms with van der Waals surface area (Å²) >= 11 is 5.89. The highest BCUT2D eigenvalue weighted by Gasteiger charge is 2.41. The number of hydrogen-bond donors (Lipinski definition) is 1. The van der Waals surface area contributed by atoms with Crippen LogP contribution in [0.3, 0.4) is 0 Å². The van der Waals surface area contributed by atoms with Crippen molar-refractivity contribution in [1.82, 2.24) is 24.8 Å². The van der Waals surface area contributed by atoms with E-state index in [1.807, 2.05) is 30.6 Å². The molecule has 1 N–H and O–H groups in total. The molecule has 0 aliphatic carbocycles. The number of hydrogen-bond acceptors (Lipinski definition) is 4. The molecule has 37 heavy (non-hydrogen) atoms. The predicted molar refractivity (Wildman–Crippen MR) is 154 cm³/mol. The van der Waals surface area contributed by atoms with Gasteiger partial charge in [0.1, 0.15) is 0 Å². The lowest BCUT2D eigenvalue weighted by Crippen LogP contribution is -2.29. The molecule has 7 heteroatoms. The summed E-state index contributed by atoms with van der Waals surface area (Å²) in [5.41, 5.74) is 8.18. The summed E-state index contributed by atoms with van der Waals surface area (Å²) in [5.74, 6) is 0. The maximum Gasteiger partial charge on any atom is 0.170 e. The van der Waals surface area contributed by atoms with E-state index in [0.29, 0.717) is 6.54 Å².